The predicted octanol–water partition coefficient (Wildman–Crippen LogP) is 2.42. The van der Waals surface area contributed by atoms with Gasteiger partial charge < -0.3 is 9.90 Å². The fourth-order valence-corrected chi connectivity index (χ4v) is 3.63. The highest BCUT2D eigenvalue weighted by atomic mass is 16.4. The first-order valence-corrected chi connectivity index (χ1v) is 7.19. The van der Waals surface area contributed by atoms with E-state index in [-0.39, 0.29) is 17.0 Å². The smallest absolute Gasteiger partial charge is 0.0718 e. The highest BCUT2D eigenvalue weighted by molar-refractivity contribution is 5.87. The van der Waals surface area contributed by atoms with Crippen molar-refractivity contribution in [3.8, 4) is 0 Å². The Labute approximate surface area is 121 Å². The number of rotatable bonds is 2. The minimum atomic E-state index is -1.07. The Kier molecular flexibility index (Phi) is 3.67. The van der Waals surface area contributed by atoms with E-state index in [2.05, 4.69) is 39.6 Å². The number of likely N-dealkylation sites (tertiary alicyclic amines) is 1. The summed E-state index contributed by atoms with van der Waals surface area (Å²) in [5, 5.41) is 11.3. The van der Waals surface area contributed by atoms with Crippen LogP contribution in [0.1, 0.15) is 62.4 Å². The van der Waals surface area contributed by atoms with Crippen molar-refractivity contribution in [2.24, 2.45) is 0 Å². The molecule has 1 heterocycles. The minimum Gasteiger partial charge on any atom is -0.545 e. The molecular formula is C17H24NO2-. The number of carboxylic acids is 1. The molecule has 1 aliphatic rings. The van der Waals surface area contributed by atoms with Gasteiger partial charge in [-0.3, -0.25) is 4.90 Å². The van der Waals surface area contributed by atoms with Crippen LogP contribution in [0.25, 0.3) is 0 Å². The second-order valence-corrected chi connectivity index (χ2v) is 7.16. The van der Waals surface area contributed by atoms with Crippen LogP contribution in [0.3, 0.4) is 0 Å². The zero-order chi connectivity index (χ0) is 15.1. The van der Waals surface area contributed by atoms with Gasteiger partial charge >= 0.3 is 0 Å². The Morgan fingerprint density at radius 2 is 1.65 bits per heavy atom. The molecule has 0 N–H and O–H groups in total. The monoisotopic (exact) mass is 274 g/mol. The summed E-state index contributed by atoms with van der Waals surface area (Å²) in [4.78, 5) is 13.7. The molecule has 0 bridgehead atoms. The van der Waals surface area contributed by atoms with Gasteiger partial charge in [-0.1, -0.05) is 24.3 Å². The van der Waals surface area contributed by atoms with E-state index >= 15 is 0 Å². The van der Waals surface area contributed by atoms with Gasteiger partial charge in [-0.05, 0) is 59.1 Å². The number of benzene rings is 1. The second-order valence-electron chi connectivity index (χ2n) is 7.16. The van der Waals surface area contributed by atoms with E-state index in [0.29, 0.717) is 5.56 Å². The fourth-order valence-electron chi connectivity index (χ4n) is 3.63. The maximum atomic E-state index is 11.3. The first-order chi connectivity index (χ1) is 9.15. The van der Waals surface area contributed by atoms with Crippen LogP contribution < -0.4 is 5.11 Å². The molecule has 1 fully saturated rings. The second kappa shape index (κ2) is 4.88. The lowest BCUT2D eigenvalue weighted by Crippen LogP contribution is -2.58. The largest absolute Gasteiger partial charge is 0.545 e. The normalized spacial score (nSPS) is 22.6. The molecule has 0 radical (unpaired) electrons. The number of hydrogen-bond acceptors (Lipinski definition) is 3. The summed E-state index contributed by atoms with van der Waals surface area (Å²) in [6.45, 7) is 8.90. The molecule has 0 aliphatic carbocycles. The molecular weight excluding hydrogens is 250 g/mol. The quantitative estimate of drug-likeness (QED) is 0.832. The Morgan fingerprint density at radius 1 is 1.15 bits per heavy atom. The number of nitrogens with zero attached hydrogens (tertiary/aromatic N) is 1. The van der Waals surface area contributed by atoms with Crippen molar-refractivity contribution in [2.45, 2.75) is 57.5 Å². The summed E-state index contributed by atoms with van der Waals surface area (Å²) in [7, 11) is 2.15. The Bertz CT molecular complexity index is 501. The third-order valence-electron chi connectivity index (χ3n) is 4.93. The number of carbonyl (C=O) groups excluding carboxylic acids is 1. The summed E-state index contributed by atoms with van der Waals surface area (Å²) in [5.74, 6) is -0.819. The van der Waals surface area contributed by atoms with E-state index in [1.54, 1.807) is 12.1 Å². The third kappa shape index (κ3) is 2.59. The molecule has 1 aromatic rings. The average molecular weight is 274 g/mol. The van der Waals surface area contributed by atoms with Gasteiger partial charge in [-0.15, -0.1) is 0 Å². The molecule has 0 unspecified atom stereocenters. The van der Waals surface area contributed by atoms with Crippen molar-refractivity contribution in [1.82, 2.24) is 4.90 Å². The zero-order valence-electron chi connectivity index (χ0n) is 13.1. The van der Waals surface area contributed by atoms with E-state index in [4.69, 9.17) is 0 Å². The van der Waals surface area contributed by atoms with Crippen molar-refractivity contribution in [3.63, 3.8) is 0 Å². The molecule has 110 valence electrons. The molecule has 1 aliphatic heterocycles. The van der Waals surface area contributed by atoms with Crippen molar-refractivity contribution in [3.05, 3.63) is 35.4 Å². The molecule has 2 rings (SSSR count). The van der Waals surface area contributed by atoms with Crippen LogP contribution in [0.2, 0.25) is 0 Å². The third-order valence-corrected chi connectivity index (χ3v) is 4.93. The number of carboxylic acid groups (broad SMARTS) is 1. The topological polar surface area (TPSA) is 43.4 Å². The lowest BCUT2D eigenvalue weighted by atomic mass is 9.71. The maximum Gasteiger partial charge on any atom is 0.0718 e. The molecule has 1 saturated heterocycles. The van der Waals surface area contributed by atoms with Crippen molar-refractivity contribution >= 4 is 5.97 Å². The van der Waals surface area contributed by atoms with Gasteiger partial charge in [-0.25, -0.2) is 0 Å². The highest BCUT2D eigenvalue weighted by Crippen LogP contribution is 2.45. The summed E-state index contributed by atoms with van der Waals surface area (Å²) >= 11 is 0. The Balaban J connectivity index is 2.42. The zero-order valence-corrected chi connectivity index (χ0v) is 13.1. The molecule has 3 heteroatoms. The number of piperidine rings is 1. The SMILES string of the molecule is CN1C(C)(C)CC(c2ccccc2C(=O)[O-])CC1(C)C. The summed E-state index contributed by atoms with van der Waals surface area (Å²) in [5.41, 5.74) is 1.35. The van der Waals surface area contributed by atoms with Crippen LogP contribution in [0.4, 0.5) is 0 Å². The molecule has 20 heavy (non-hydrogen) atoms. The number of hydrogen-bond donors (Lipinski definition) is 0. The van der Waals surface area contributed by atoms with E-state index in [1.165, 1.54) is 0 Å². The van der Waals surface area contributed by atoms with Crippen LogP contribution >= 0.6 is 0 Å². The van der Waals surface area contributed by atoms with Crippen LogP contribution in [-0.2, 0) is 0 Å². The number of aromatic carboxylic acids is 1. The van der Waals surface area contributed by atoms with Gasteiger partial charge in [0, 0.05) is 16.6 Å². The van der Waals surface area contributed by atoms with Gasteiger partial charge in [-0.2, -0.15) is 0 Å². The van der Waals surface area contributed by atoms with Crippen molar-refractivity contribution in [1.29, 1.82) is 0 Å². The van der Waals surface area contributed by atoms with Gasteiger partial charge in [0.2, 0.25) is 0 Å². The van der Waals surface area contributed by atoms with E-state index < -0.39 is 5.97 Å². The van der Waals surface area contributed by atoms with Crippen LogP contribution in [0.5, 0.6) is 0 Å². The summed E-state index contributed by atoms with van der Waals surface area (Å²) < 4.78 is 0. The lowest BCUT2D eigenvalue weighted by molar-refractivity contribution is -0.255. The fraction of sp³-hybridized carbons (Fsp3) is 0.588. The molecule has 0 amide bonds. The maximum absolute atomic E-state index is 11.3. The van der Waals surface area contributed by atoms with Crippen LogP contribution in [-0.4, -0.2) is 29.0 Å². The molecule has 3 nitrogen and oxygen atoms in total. The minimum absolute atomic E-state index is 0.0471. The number of carbonyl (C=O) groups is 1. The summed E-state index contributed by atoms with van der Waals surface area (Å²) in [6.07, 6.45) is 1.91. The lowest BCUT2D eigenvalue weighted by Gasteiger charge is -2.54. The van der Waals surface area contributed by atoms with E-state index in [1.807, 2.05) is 12.1 Å². The summed E-state index contributed by atoms with van der Waals surface area (Å²) in [6, 6.07) is 7.27. The van der Waals surface area contributed by atoms with Crippen molar-refractivity contribution < 1.29 is 9.90 Å². The van der Waals surface area contributed by atoms with Crippen molar-refractivity contribution in [2.75, 3.05) is 7.05 Å². The molecule has 1 aromatic carbocycles. The van der Waals surface area contributed by atoms with Gasteiger partial charge in [0.1, 0.15) is 0 Å². The molecule has 0 aromatic heterocycles. The average Bonchev–Trinajstić information content (AvgIpc) is 2.35. The van der Waals surface area contributed by atoms with Gasteiger partial charge in [0.25, 0.3) is 0 Å². The van der Waals surface area contributed by atoms with E-state index in [0.717, 1.165) is 18.4 Å². The standard InChI is InChI=1S/C17H25NO2/c1-16(2)10-12(11-17(3,4)18(16)5)13-8-6-7-9-14(13)15(19)20/h6-9,12H,10-11H2,1-5H3,(H,19,20)/p-1. The highest BCUT2D eigenvalue weighted by Gasteiger charge is 2.43. The Morgan fingerprint density at radius 3 is 2.15 bits per heavy atom. The molecule has 0 atom stereocenters. The molecule has 0 saturated carbocycles. The van der Waals surface area contributed by atoms with E-state index in [9.17, 15) is 9.90 Å². The predicted molar refractivity (Wildman–Crippen MR) is 78.7 cm³/mol. The van der Waals surface area contributed by atoms with Crippen LogP contribution in [0, 0.1) is 0 Å². The first kappa shape index (κ1) is 15.0. The molecule has 0 spiro atoms. The van der Waals surface area contributed by atoms with Gasteiger partial charge in [0.05, 0.1) is 5.97 Å². The Hall–Kier alpha value is -1.35. The van der Waals surface area contributed by atoms with Gasteiger partial charge in [0.15, 0.2) is 0 Å². The van der Waals surface area contributed by atoms with Crippen LogP contribution in [0.15, 0.2) is 24.3 Å². The first-order valence-electron chi connectivity index (χ1n) is 7.19.